The molecule has 20 heavy (non-hydrogen) atoms. The first-order valence-electron chi connectivity index (χ1n) is 7.02. The van der Waals surface area contributed by atoms with Gasteiger partial charge in [0.2, 0.25) is 0 Å². The Labute approximate surface area is 118 Å². The van der Waals surface area contributed by atoms with Crippen LogP contribution >= 0.6 is 0 Å². The first-order valence-corrected chi connectivity index (χ1v) is 7.02. The molecule has 0 aromatic heterocycles. The third-order valence-electron chi connectivity index (χ3n) is 3.76. The van der Waals surface area contributed by atoms with Crippen LogP contribution in [0.4, 0.5) is 9.18 Å². The second-order valence-electron chi connectivity index (χ2n) is 5.48. The topological polar surface area (TPSA) is 61.4 Å². The van der Waals surface area contributed by atoms with Crippen molar-refractivity contribution < 1.29 is 14.3 Å². The van der Waals surface area contributed by atoms with Gasteiger partial charge < -0.3 is 15.7 Å². The van der Waals surface area contributed by atoms with Crippen LogP contribution in [0.5, 0.6) is 0 Å². The molecule has 3 N–H and O–H groups in total. The quantitative estimate of drug-likeness (QED) is 0.792. The first kappa shape index (κ1) is 14.8. The molecule has 2 rings (SSSR count). The van der Waals surface area contributed by atoms with E-state index in [4.69, 9.17) is 0 Å². The van der Waals surface area contributed by atoms with Crippen molar-refractivity contribution in [2.24, 2.45) is 0 Å². The Balaban J connectivity index is 2.10. The van der Waals surface area contributed by atoms with Gasteiger partial charge in [-0.1, -0.05) is 25.0 Å². The minimum atomic E-state index is -0.578. The SMILES string of the molecule is CC(O)CNC(=O)NC1(c2ccc(F)cc2)CCCC1. The van der Waals surface area contributed by atoms with E-state index in [1.807, 2.05) is 0 Å². The molecular weight excluding hydrogens is 259 g/mol. The van der Waals surface area contributed by atoms with Gasteiger partial charge in [-0.3, -0.25) is 0 Å². The number of carbonyl (C=O) groups excluding carboxylic acids is 1. The van der Waals surface area contributed by atoms with Crippen molar-refractivity contribution in [3.8, 4) is 0 Å². The van der Waals surface area contributed by atoms with E-state index in [-0.39, 0.29) is 18.4 Å². The number of amides is 2. The molecular formula is C15H21FN2O2. The molecule has 5 heteroatoms. The van der Waals surface area contributed by atoms with Crippen LogP contribution in [0, 0.1) is 5.82 Å². The van der Waals surface area contributed by atoms with Crippen molar-refractivity contribution in [2.75, 3.05) is 6.54 Å². The number of halogens is 1. The summed E-state index contributed by atoms with van der Waals surface area (Å²) in [6, 6.07) is 6.01. The maximum atomic E-state index is 13.0. The highest BCUT2D eigenvalue weighted by molar-refractivity contribution is 5.75. The zero-order chi connectivity index (χ0) is 14.6. The number of rotatable bonds is 4. The summed E-state index contributed by atoms with van der Waals surface area (Å²) in [5.41, 5.74) is 0.514. The van der Waals surface area contributed by atoms with Crippen molar-refractivity contribution >= 4 is 6.03 Å². The van der Waals surface area contributed by atoms with Crippen LogP contribution in [0.2, 0.25) is 0 Å². The fraction of sp³-hybridized carbons (Fsp3) is 0.533. The van der Waals surface area contributed by atoms with E-state index in [0.29, 0.717) is 0 Å². The molecule has 1 aliphatic rings. The van der Waals surface area contributed by atoms with Crippen LogP contribution in [-0.2, 0) is 5.54 Å². The zero-order valence-electron chi connectivity index (χ0n) is 11.7. The Kier molecular flexibility index (Phi) is 4.60. The highest BCUT2D eigenvalue weighted by Gasteiger charge is 2.37. The van der Waals surface area contributed by atoms with Gasteiger partial charge in [0.25, 0.3) is 0 Å². The number of urea groups is 1. The number of hydrogen-bond donors (Lipinski definition) is 3. The summed E-state index contributed by atoms with van der Waals surface area (Å²) in [6.07, 6.45) is 3.19. The van der Waals surface area contributed by atoms with Gasteiger partial charge in [-0.25, -0.2) is 9.18 Å². The Morgan fingerprint density at radius 2 is 1.95 bits per heavy atom. The van der Waals surface area contributed by atoms with Crippen LogP contribution in [0.25, 0.3) is 0 Å². The molecule has 0 bridgehead atoms. The molecule has 1 unspecified atom stereocenters. The minimum Gasteiger partial charge on any atom is -0.392 e. The van der Waals surface area contributed by atoms with Gasteiger partial charge in [0.15, 0.2) is 0 Å². The summed E-state index contributed by atoms with van der Waals surface area (Å²) < 4.78 is 13.0. The number of aliphatic hydroxyl groups is 1. The van der Waals surface area contributed by atoms with Crippen LogP contribution in [0.15, 0.2) is 24.3 Å². The van der Waals surface area contributed by atoms with Gasteiger partial charge >= 0.3 is 6.03 Å². The summed E-state index contributed by atoms with van der Waals surface area (Å²) in [5, 5.41) is 14.8. The first-order chi connectivity index (χ1) is 9.52. The van der Waals surface area contributed by atoms with E-state index in [1.165, 1.54) is 12.1 Å². The van der Waals surface area contributed by atoms with E-state index in [9.17, 15) is 14.3 Å². The van der Waals surface area contributed by atoms with Gasteiger partial charge in [0.05, 0.1) is 11.6 Å². The number of benzene rings is 1. The summed E-state index contributed by atoms with van der Waals surface area (Å²) >= 11 is 0. The lowest BCUT2D eigenvalue weighted by Gasteiger charge is -2.31. The molecule has 1 aliphatic carbocycles. The van der Waals surface area contributed by atoms with Crippen LogP contribution < -0.4 is 10.6 Å². The lowest BCUT2D eigenvalue weighted by atomic mass is 9.88. The Morgan fingerprint density at radius 3 is 2.50 bits per heavy atom. The highest BCUT2D eigenvalue weighted by atomic mass is 19.1. The molecule has 1 saturated carbocycles. The molecule has 1 atom stereocenters. The monoisotopic (exact) mass is 280 g/mol. The molecule has 1 aromatic carbocycles. The summed E-state index contributed by atoms with van der Waals surface area (Å²) in [5.74, 6) is -0.277. The Morgan fingerprint density at radius 1 is 1.35 bits per heavy atom. The smallest absolute Gasteiger partial charge is 0.315 e. The Bertz CT molecular complexity index is 453. The third kappa shape index (κ3) is 3.48. The van der Waals surface area contributed by atoms with Crippen molar-refractivity contribution in [1.29, 1.82) is 0 Å². The molecule has 1 aromatic rings. The minimum absolute atomic E-state index is 0.214. The average molecular weight is 280 g/mol. The van der Waals surface area contributed by atoms with Gasteiger partial charge in [-0.05, 0) is 37.5 Å². The van der Waals surface area contributed by atoms with E-state index in [1.54, 1.807) is 19.1 Å². The van der Waals surface area contributed by atoms with Gasteiger partial charge in [0.1, 0.15) is 5.82 Å². The Hall–Kier alpha value is -1.62. The summed E-state index contributed by atoms with van der Waals surface area (Å²) in [4.78, 5) is 11.9. The molecule has 4 nitrogen and oxygen atoms in total. The standard InChI is InChI=1S/C15H21FN2O2/c1-11(19)10-17-14(20)18-15(8-2-3-9-15)12-4-6-13(16)7-5-12/h4-7,11,19H,2-3,8-10H2,1H3,(H2,17,18,20). The lowest BCUT2D eigenvalue weighted by molar-refractivity contribution is 0.183. The van der Waals surface area contributed by atoms with E-state index < -0.39 is 11.6 Å². The van der Waals surface area contributed by atoms with Crippen LogP contribution in [0.3, 0.4) is 0 Å². The number of aliphatic hydroxyl groups excluding tert-OH is 1. The maximum absolute atomic E-state index is 13.0. The second kappa shape index (κ2) is 6.22. The predicted molar refractivity (Wildman–Crippen MR) is 74.8 cm³/mol. The van der Waals surface area contributed by atoms with Crippen LogP contribution in [-0.4, -0.2) is 23.8 Å². The second-order valence-corrected chi connectivity index (χ2v) is 5.48. The van der Waals surface area contributed by atoms with E-state index in [0.717, 1.165) is 31.2 Å². The van der Waals surface area contributed by atoms with Gasteiger partial charge in [-0.2, -0.15) is 0 Å². The number of nitrogens with one attached hydrogen (secondary N) is 2. The van der Waals surface area contributed by atoms with Crippen LogP contribution in [0.1, 0.15) is 38.2 Å². The molecule has 0 radical (unpaired) electrons. The molecule has 0 spiro atoms. The molecule has 0 heterocycles. The molecule has 0 aliphatic heterocycles. The number of carbonyl (C=O) groups is 1. The van der Waals surface area contributed by atoms with E-state index >= 15 is 0 Å². The zero-order valence-corrected chi connectivity index (χ0v) is 11.7. The molecule has 0 saturated heterocycles. The fourth-order valence-electron chi connectivity index (χ4n) is 2.74. The lowest BCUT2D eigenvalue weighted by Crippen LogP contribution is -2.49. The highest BCUT2D eigenvalue weighted by Crippen LogP contribution is 2.38. The third-order valence-corrected chi connectivity index (χ3v) is 3.76. The van der Waals surface area contributed by atoms with E-state index in [2.05, 4.69) is 10.6 Å². The average Bonchev–Trinajstić information content (AvgIpc) is 2.87. The van der Waals surface area contributed by atoms with Gasteiger partial charge in [-0.15, -0.1) is 0 Å². The molecule has 1 fully saturated rings. The summed E-state index contributed by atoms with van der Waals surface area (Å²) in [6.45, 7) is 1.83. The van der Waals surface area contributed by atoms with Crippen molar-refractivity contribution in [3.63, 3.8) is 0 Å². The van der Waals surface area contributed by atoms with Crippen molar-refractivity contribution in [3.05, 3.63) is 35.6 Å². The maximum Gasteiger partial charge on any atom is 0.315 e. The molecule has 2 amide bonds. The van der Waals surface area contributed by atoms with Crippen molar-refractivity contribution in [1.82, 2.24) is 10.6 Å². The normalized spacial score (nSPS) is 18.6. The predicted octanol–water partition coefficient (Wildman–Crippen LogP) is 2.28. The largest absolute Gasteiger partial charge is 0.392 e. The van der Waals surface area contributed by atoms with Gasteiger partial charge in [0, 0.05) is 6.54 Å². The molecule has 110 valence electrons. The van der Waals surface area contributed by atoms with Crippen molar-refractivity contribution in [2.45, 2.75) is 44.2 Å². The number of hydrogen-bond acceptors (Lipinski definition) is 2. The summed E-state index contributed by atoms with van der Waals surface area (Å²) in [7, 11) is 0. The fourth-order valence-corrected chi connectivity index (χ4v) is 2.74.